The predicted octanol–water partition coefficient (Wildman–Crippen LogP) is 4.26. The highest BCUT2D eigenvalue weighted by atomic mass is 16.2. The number of fused-ring (bicyclic) bond motifs is 1. The van der Waals surface area contributed by atoms with E-state index in [1.54, 1.807) is 24.3 Å². The van der Waals surface area contributed by atoms with Crippen LogP contribution in [0.5, 0.6) is 0 Å². The number of anilines is 1. The van der Waals surface area contributed by atoms with Gasteiger partial charge in [-0.25, -0.2) is 0 Å². The Kier molecular flexibility index (Phi) is 4.18. The molecular weight excluding hydrogens is 312 g/mol. The van der Waals surface area contributed by atoms with Gasteiger partial charge in [0.1, 0.15) is 0 Å². The van der Waals surface area contributed by atoms with Crippen molar-refractivity contribution in [1.29, 1.82) is 0 Å². The van der Waals surface area contributed by atoms with Crippen molar-refractivity contribution in [3.05, 3.63) is 65.7 Å². The zero-order chi connectivity index (χ0) is 17.2. The average molecular weight is 332 g/mol. The molecule has 1 aliphatic heterocycles. The molecule has 126 valence electrons. The first-order chi connectivity index (χ1) is 12.3. The molecule has 1 amide bonds. The summed E-state index contributed by atoms with van der Waals surface area (Å²) in [6.45, 7) is 0. The molecule has 0 N–H and O–H groups in total. The molecular formula is C21H20N2O2. The minimum atomic E-state index is -0.184. The predicted molar refractivity (Wildman–Crippen MR) is 98.3 cm³/mol. The number of Topliss-reactive ketones (excluding diaryl/α,β-unsaturated/α-hetero) is 1. The fraction of sp³-hybridized carbons (Fsp3) is 0.286. The largest absolute Gasteiger partial charge is 0.285 e. The lowest BCUT2D eigenvalue weighted by Gasteiger charge is -2.30. The summed E-state index contributed by atoms with van der Waals surface area (Å²) in [5.41, 5.74) is 1.58. The van der Waals surface area contributed by atoms with E-state index in [2.05, 4.69) is 0 Å². The van der Waals surface area contributed by atoms with Crippen molar-refractivity contribution in [2.75, 3.05) is 4.90 Å². The second kappa shape index (κ2) is 6.63. The topological polar surface area (TPSA) is 49.7 Å². The molecule has 1 aliphatic carbocycles. The first-order valence-electron chi connectivity index (χ1n) is 8.87. The van der Waals surface area contributed by atoms with Crippen LogP contribution in [0.15, 0.2) is 59.6 Å². The number of nitrogens with zero attached hydrogens (tertiary/aromatic N) is 2. The van der Waals surface area contributed by atoms with Gasteiger partial charge in [-0.1, -0.05) is 55.7 Å². The molecule has 0 saturated heterocycles. The molecule has 0 bridgehead atoms. The fourth-order valence-corrected chi connectivity index (χ4v) is 3.62. The van der Waals surface area contributed by atoms with Crippen molar-refractivity contribution in [3.63, 3.8) is 0 Å². The van der Waals surface area contributed by atoms with Crippen LogP contribution in [0.2, 0.25) is 0 Å². The molecule has 1 fully saturated rings. The van der Waals surface area contributed by atoms with Gasteiger partial charge in [-0.15, -0.1) is 0 Å². The first kappa shape index (κ1) is 15.8. The summed E-state index contributed by atoms with van der Waals surface area (Å²) in [7, 11) is 0. The number of benzene rings is 2. The van der Waals surface area contributed by atoms with Crippen LogP contribution >= 0.6 is 0 Å². The van der Waals surface area contributed by atoms with E-state index in [0.29, 0.717) is 16.8 Å². The third-order valence-electron chi connectivity index (χ3n) is 4.91. The number of carbonyl (C=O) groups is 2. The zero-order valence-electron chi connectivity index (χ0n) is 14.0. The summed E-state index contributed by atoms with van der Waals surface area (Å²) < 4.78 is 0. The Morgan fingerprint density at radius 2 is 1.44 bits per heavy atom. The normalized spacial score (nSPS) is 20.0. The first-order valence-corrected chi connectivity index (χ1v) is 8.87. The molecule has 2 aromatic rings. The van der Waals surface area contributed by atoms with Gasteiger partial charge in [-0.05, 0) is 31.0 Å². The molecule has 0 aromatic heterocycles. The van der Waals surface area contributed by atoms with E-state index < -0.39 is 0 Å². The number of hydrogen-bond acceptors (Lipinski definition) is 3. The Labute approximate surface area is 147 Å². The summed E-state index contributed by atoms with van der Waals surface area (Å²) in [4.78, 5) is 32.4. The summed E-state index contributed by atoms with van der Waals surface area (Å²) in [6, 6.07) is 16.4. The number of aliphatic imine (C=N–C) groups is 1. The third-order valence-corrected chi connectivity index (χ3v) is 4.91. The average Bonchev–Trinajstić information content (AvgIpc) is 2.68. The van der Waals surface area contributed by atoms with Gasteiger partial charge in [0.25, 0.3) is 5.91 Å². The molecule has 0 unspecified atom stereocenters. The highest BCUT2D eigenvalue weighted by Gasteiger charge is 2.37. The second-order valence-corrected chi connectivity index (χ2v) is 6.60. The molecule has 1 saturated carbocycles. The lowest BCUT2D eigenvalue weighted by Crippen LogP contribution is -2.47. The molecule has 25 heavy (non-hydrogen) atoms. The second-order valence-electron chi connectivity index (χ2n) is 6.60. The Morgan fingerprint density at radius 1 is 0.800 bits per heavy atom. The van der Waals surface area contributed by atoms with Crippen molar-refractivity contribution in [3.8, 4) is 0 Å². The highest BCUT2D eigenvalue weighted by Crippen LogP contribution is 2.28. The number of para-hydroxylation sites is 1. The number of hydrogen-bond donors (Lipinski definition) is 0. The van der Waals surface area contributed by atoms with Crippen LogP contribution in [-0.2, 0) is 0 Å². The molecule has 0 spiro atoms. The van der Waals surface area contributed by atoms with E-state index in [1.807, 2.05) is 30.3 Å². The van der Waals surface area contributed by atoms with Crippen molar-refractivity contribution in [2.45, 2.75) is 38.1 Å². The van der Waals surface area contributed by atoms with E-state index in [0.717, 1.165) is 25.7 Å². The maximum Gasteiger partial charge on any atom is 0.264 e. The van der Waals surface area contributed by atoms with Crippen LogP contribution in [-0.4, -0.2) is 23.6 Å². The summed E-state index contributed by atoms with van der Waals surface area (Å²) in [5.74, 6) is -0.0811. The van der Waals surface area contributed by atoms with Crippen molar-refractivity contribution in [1.82, 2.24) is 0 Å². The molecule has 4 heteroatoms. The Morgan fingerprint density at radius 3 is 2.16 bits per heavy atom. The van der Waals surface area contributed by atoms with Crippen LogP contribution in [0.25, 0.3) is 0 Å². The number of rotatable bonds is 2. The molecule has 1 heterocycles. The zero-order valence-corrected chi connectivity index (χ0v) is 14.0. The SMILES string of the molecule is O=C1C(=NC2CCCCC2)N(c2ccccc2)C(=O)c2ccccc21. The lowest BCUT2D eigenvalue weighted by molar-refractivity contribution is 0.0966. The van der Waals surface area contributed by atoms with Crippen molar-refractivity contribution in [2.24, 2.45) is 4.99 Å². The Hall–Kier alpha value is -2.75. The molecule has 4 rings (SSSR count). The lowest BCUT2D eigenvalue weighted by atomic mass is 9.94. The van der Waals surface area contributed by atoms with Crippen LogP contribution < -0.4 is 4.90 Å². The van der Waals surface area contributed by atoms with Gasteiger partial charge in [0.05, 0.1) is 17.3 Å². The van der Waals surface area contributed by atoms with E-state index in [-0.39, 0.29) is 23.6 Å². The van der Waals surface area contributed by atoms with Gasteiger partial charge >= 0.3 is 0 Å². The van der Waals surface area contributed by atoms with Gasteiger partial charge < -0.3 is 0 Å². The Balaban J connectivity index is 1.84. The molecule has 2 aliphatic rings. The van der Waals surface area contributed by atoms with Gasteiger partial charge in [0.2, 0.25) is 5.78 Å². The molecule has 0 radical (unpaired) electrons. The summed E-state index contributed by atoms with van der Waals surface area (Å²) in [5, 5.41) is 0. The maximum absolute atomic E-state index is 13.1. The number of carbonyl (C=O) groups excluding carboxylic acids is 2. The molecule has 0 atom stereocenters. The quantitative estimate of drug-likeness (QED) is 0.825. The van der Waals surface area contributed by atoms with Gasteiger partial charge in [-0.2, -0.15) is 0 Å². The van der Waals surface area contributed by atoms with Gasteiger partial charge in [-0.3, -0.25) is 19.5 Å². The number of amides is 1. The van der Waals surface area contributed by atoms with Crippen LogP contribution in [0.3, 0.4) is 0 Å². The van der Waals surface area contributed by atoms with Crippen LogP contribution in [0.1, 0.15) is 52.8 Å². The van der Waals surface area contributed by atoms with Gasteiger partial charge in [0, 0.05) is 5.56 Å². The Bertz CT molecular complexity index is 836. The maximum atomic E-state index is 13.1. The smallest absolute Gasteiger partial charge is 0.264 e. The van der Waals surface area contributed by atoms with Gasteiger partial charge in [0.15, 0.2) is 5.84 Å². The van der Waals surface area contributed by atoms with Crippen molar-refractivity contribution < 1.29 is 9.59 Å². The monoisotopic (exact) mass is 332 g/mol. The minimum Gasteiger partial charge on any atom is -0.285 e. The fourth-order valence-electron chi connectivity index (χ4n) is 3.62. The highest BCUT2D eigenvalue weighted by molar-refractivity contribution is 6.57. The van der Waals surface area contributed by atoms with Crippen molar-refractivity contribution >= 4 is 23.2 Å². The number of amidine groups is 1. The van der Waals surface area contributed by atoms with Crippen LogP contribution in [0, 0.1) is 0 Å². The van der Waals surface area contributed by atoms with E-state index in [1.165, 1.54) is 11.3 Å². The van der Waals surface area contributed by atoms with E-state index in [9.17, 15) is 9.59 Å². The van der Waals surface area contributed by atoms with E-state index >= 15 is 0 Å². The molecule has 4 nitrogen and oxygen atoms in total. The number of ketones is 1. The standard InChI is InChI=1S/C21H20N2O2/c24-19-17-13-7-8-14-18(17)21(25)23(16-11-5-2-6-12-16)20(19)22-15-9-3-1-4-10-15/h2,5-8,11-15H,1,3-4,9-10H2. The molecule has 2 aromatic carbocycles. The third kappa shape index (κ3) is 2.88. The minimum absolute atomic E-state index is 0.122. The van der Waals surface area contributed by atoms with Crippen LogP contribution in [0.4, 0.5) is 5.69 Å². The van der Waals surface area contributed by atoms with E-state index in [4.69, 9.17) is 4.99 Å². The summed E-state index contributed by atoms with van der Waals surface area (Å²) >= 11 is 0. The summed E-state index contributed by atoms with van der Waals surface area (Å²) in [6.07, 6.45) is 5.45.